The third-order valence-electron chi connectivity index (χ3n) is 5.03. The highest BCUT2D eigenvalue weighted by molar-refractivity contribution is 7.33. The first kappa shape index (κ1) is 19.2. The highest BCUT2D eigenvalue weighted by atomic mass is 31.1. The molecule has 9 atom stereocenters. The van der Waals surface area contributed by atoms with Crippen LogP contribution in [0.1, 0.15) is 27.7 Å². The van der Waals surface area contributed by atoms with E-state index in [0.29, 0.717) is 0 Å². The van der Waals surface area contributed by atoms with Crippen LogP contribution in [0.3, 0.4) is 0 Å². The molecule has 2 aliphatic rings. The van der Waals surface area contributed by atoms with Crippen LogP contribution in [-0.4, -0.2) is 62.1 Å². The van der Waals surface area contributed by atoms with Crippen LogP contribution in [-0.2, 0) is 27.8 Å². The lowest BCUT2D eigenvalue weighted by Gasteiger charge is -2.17. The van der Waals surface area contributed by atoms with Gasteiger partial charge in [-0.25, -0.2) is 0 Å². The van der Waals surface area contributed by atoms with Gasteiger partial charge >= 0.3 is 8.25 Å². The SMILES string of the molecule is COC1[C@@H](CO[P+](=O)OC2[C@@H](CO)O[C@@H](C)[C@H]2C)O[C@@H](C)[C@H]1C. The smallest absolute Gasteiger partial charge is 0.394 e. The molecule has 2 saturated heterocycles. The van der Waals surface area contributed by atoms with Crippen LogP contribution >= 0.6 is 8.25 Å². The number of methoxy groups -OCH3 is 1. The lowest BCUT2D eigenvalue weighted by Crippen LogP contribution is -2.32. The minimum absolute atomic E-state index is 0.0317. The maximum absolute atomic E-state index is 12.1. The number of hydrogen-bond donors (Lipinski definition) is 1. The molecule has 134 valence electrons. The second kappa shape index (κ2) is 8.30. The van der Waals surface area contributed by atoms with Crippen molar-refractivity contribution in [1.82, 2.24) is 0 Å². The van der Waals surface area contributed by atoms with Gasteiger partial charge < -0.3 is 19.3 Å². The van der Waals surface area contributed by atoms with Crippen molar-refractivity contribution in [2.75, 3.05) is 20.3 Å². The fraction of sp³-hybridized carbons (Fsp3) is 1.00. The van der Waals surface area contributed by atoms with E-state index in [9.17, 15) is 9.67 Å². The van der Waals surface area contributed by atoms with Crippen molar-refractivity contribution in [2.45, 2.75) is 64.3 Å². The normalized spacial score (nSPS) is 44.7. The second-order valence-electron chi connectivity index (χ2n) is 6.45. The maximum Gasteiger partial charge on any atom is 0.697 e. The third kappa shape index (κ3) is 4.28. The topological polar surface area (TPSA) is 83.5 Å². The molecule has 0 amide bonds. The summed E-state index contributed by atoms with van der Waals surface area (Å²) in [5.74, 6) is 0.277. The number of hydrogen-bond acceptors (Lipinski definition) is 7. The van der Waals surface area contributed by atoms with E-state index in [2.05, 4.69) is 6.92 Å². The van der Waals surface area contributed by atoms with Crippen LogP contribution in [0.2, 0.25) is 0 Å². The monoisotopic (exact) mass is 351 g/mol. The Morgan fingerprint density at radius 2 is 1.57 bits per heavy atom. The summed E-state index contributed by atoms with van der Waals surface area (Å²) in [6, 6.07) is 0. The van der Waals surface area contributed by atoms with Gasteiger partial charge in [-0.3, -0.25) is 0 Å². The fourth-order valence-electron chi connectivity index (χ4n) is 3.24. The molecule has 0 aromatic heterocycles. The summed E-state index contributed by atoms with van der Waals surface area (Å²) in [5.41, 5.74) is 0. The summed E-state index contributed by atoms with van der Waals surface area (Å²) in [5, 5.41) is 9.34. The van der Waals surface area contributed by atoms with Crippen molar-refractivity contribution < 1.29 is 32.9 Å². The quantitative estimate of drug-likeness (QED) is 0.701. The molecule has 23 heavy (non-hydrogen) atoms. The van der Waals surface area contributed by atoms with E-state index < -0.39 is 20.5 Å². The number of aliphatic hydroxyl groups is 1. The first-order valence-electron chi connectivity index (χ1n) is 8.10. The van der Waals surface area contributed by atoms with Gasteiger partial charge in [0.2, 0.25) is 0 Å². The Labute approximate surface area is 138 Å². The Balaban J connectivity index is 1.83. The Morgan fingerprint density at radius 1 is 1.00 bits per heavy atom. The Kier molecular flexibility index (Phi) is 6.92. The van der Waals surface area contributed by atoms with E-state index >= 15 is 0 Å². The van der Waals surface area contributed by atoms with Crippen LogP contribution in [0.25, 0.3) is 0 Å². The lowest BCUT2D eigenvalue weighted by molar-refractivity contribution is -0.0327. The zero-order chi connectivity index (χ0) is 17.1. The average molecular weight is 351 g/mol. The van der Waals surface area contributed by atoms with E-state index in [1.807, 2.05) is 20.8 Å². The van der Waals surface area contributed by atoms with Gasteiger partial charge in [-0.15, -0.1) is 9.05 Å². The summed E-state index contributed by atoms with van der Waals surface area (Å²) < 4.78 is 39.7. The lowest BCUT2D eigenvalue weighted by atomic mass is 9.99. The standard InChI is InChI=1S/C15H28O7P/c1-8-10(3)21-13(14(8)18-5)7-19-23(17)22-15-9(2)11(4)20-12(15)6-16/h8-16H,6-7H2,1-5H3/q+1/t8-,9-,10+,11+,12-,13-,14?,15?/m1/s1. The van der Waals surface area contributed by atoms with E-state index in [0.717, 1.165) is 0 Å². The number of rotatable bonds is 7. The number of ether oxygens (including phenoxy) is 3. The Morgan fingerprint density at radius 3 is 2.13 bits per heavy atom. The number of aliphatic hydroxyl groups excluding tert-OH is 1. The summed E-state index contributed by atoms with van der Waals surface area (Å²) >= 11 is 0. The molecule has 8 heteroatoms. The predicted molar refractivity (Wildman–Crippen MR) is 83.3 cm³/mol. The van der Waals surface area contributed by atoms with Gasteiger partial charge in [0.15, 0.2) is 0 Å². The Bertz CT molecular complexity index is 407. The predicted octanol–water partition coefficient (Wildman–Crippen LogP) is 1.90. The zero-order valence-corrected chi connectivity index (χ0v) is 15.3. The summed E-state index contributed by atoms with van der Waals surface area (Å²) in [6.07, 6.45) is -1.27. The van der Waals surface area contributed by atoms with E-state index in [4.69, 9.17) is 23.3 Å². The van der Waals surface area contributed by atoms with Crippen LogP contribution < -0.4 is 0 Å². The molecule has 2 aliphatic heterocycles. The summed E-state index contributed by atoms with van der Waals surface area (Å²) in [7, 11) is -0.679. The first-order chi connectivity index (χ1) is 10.9. The first-order valence-corrected chi connectivity index (χ1v) is 9.20. The molecule has 0 aliphatic carbocycles. The van der Waals surface area contributed by atoms with Gasteiger partial charge in [-0.2, -0.15) is 0 Å². The second-order valence-corrected chi connectivity index (χ2v) is 7.37. The van der Waals surface area contributed by atoms with E-state index in [-0.39, 0.29) is 49.5 Å². The molecule has 0 aromatic carbocycles. The van der Waals surface area contributed by atoms with Crippen molar-refractivity contribution in [3.8, 4) is 0 Å². The van der Waals surface area contributed by atoms with E-state index in [1.165, 1.54) is 0 Å². The molecular weight excluding hydrogens is 323 g/mol. The summed E-state index contributed by atoms with van der Waals surface area (Å²) in [4.78, 5) is 0. The highest BCUT2D eigenvalue weighted by Crippen LogP contribution is 2.38. The van der Waals surface area contributed by atoms with Gasteiger partial charge in [0, 0.05) is 23.5 Å². The molecular formula is C15H28O7P+. The van der Waals surface area contributed by atoms with Crippen LogP contribution in [0.4, 0.5) is 0 Å². The largest absolute Gasteiger partial charge is 0.697 e. The molecule has 2 fully saturated rings. The molecule has 0 bridgehead atoms. The van der Waals surface area contributed by atoms with Crippen molar-refractivity contribution in [3.63, 3.8) is 0 Å². The molecule has 0 saturated carbocycles. The molecule has 0 radical (unpaired) electrons. The van der Waals surface area contributed by atoms with E-state index in [1.54, 1.807) is 7.11 Å². The van der Waals surface area contributed by atoms with Crippen LogP contribution in [0, 0.1) is 11.8 Å². The van der Waals surface area contributed by atoms with Crippen molar-refractivity contribution in [1.29, 1.82) is 0 Å². The maximum atomic E-state index is 12.1. The summed E-state index contributed by atoms with van der Waals surface area (Å²) in [6.45, 7) is 7.86. The fourth-order valence-corrected chi connectivity index (χ4v) is 4.10. The molecule has 1 N–H and O–H groups in total. The van der Waals surface area contributed by atoms with Gasteiger partial charge in [-0.1, -0.05) is 13.8 Å². The van der Waals surface area contributed by atoms with Gasteiger partial charge in [-0.05, 0) is 13.8 Å². The zero-order valence-electron chi connectivity index (χ0n) is 14.4. The van der Waals surface area contributed by atoms with Gasteiger partial charge in [0.1, 0.15) is 24.9 Å². The average Bonchev–Trinajstić information content (AvgIpc) is 2.95. The minimum atomic E-state index is -2.32. The molecule has 0 aromatic rings. The molecule has 2 rings (SSSR count). The van der Waals surface area contributed by atoms with Crippen LogP contribution in [0.5, 0.6) is 0 Å². The molecule has 0 spiro atoms. The van der Waals surface area contributed by atoms with Gasteiger partial charge in [0.05, 0.1) is 24.9 Å². The molecule has 3 unspecified atom stereocenters. The third-order valence-corrected chi connectivity index (χ3v) is 5.81. The minimum Gasteiger partial charge on any atom is -0.394 e. The Hall–Kier alpha value is -0.140. The highest BCUT2D eigenvalue weighted by Gasteiger charge is 2.47. The van der Waals surface area contributed by atoms with Crippen LogP contribution in [0.15, 0.2) is 0 Å². The van der Waals surface area contributed by atoms with Crippen molar-refractivity contribution in [3.05, 3.63) is 0 Å². The molecule has 7 nitrogen and oxygen atoms in total. The van der Waals surface area contributed by atoms with Crippen molar-refractivity contribution in [2.24, 2.45) is 11.8 Å². The van der Waals surface area contributed by atoms with Crippen molar-refractivity contribution >= 4 is 8.25 Å². The van der Waals surface area contributed by atoms with Gasteiger partial charge in [0.25, 0.3) is 0 Å². The molecule has 2 heterocycles.